The van der Waals surface area contributed by atoms with E-state index in [-0.39, 0.29) is 62.2 Å². The van der Waals surface area contributed by atoms with Gasteiger partial charge < -0.3 is 53.2 Å². The van der Waals surface area contributed by atoms with Gasteiger partial charge in [-0.3, -0.25) is 14.4 Å². The highest BCUT2D eigenvalue weighted by Crippen LogP contribution is 2.40. The summed E-state index contributed by atoms with van der Waals surface area (Å²) in [5, 5.41) is 34.5. The predicted octanol–water partition coefficient (Wildman–Crippen LogP) is 6.51. The Balaban J connectivity index is 1.29. The van der Waals surface area contributed by atoms with Gasteiger partial charge in [0, 0.05) is 75.7 Å². The highest BCUT2D eigenvalue weighted by Gasteiger charge is 2.56. The van der Waals surface area contributed by atoms with Crippen molar-refractivity contribution in [3.63, 3.8) is 0 Å². The number of carbonyl (C=O) groups excluding carboxylic acids is 4. The molecule has 14 atom stereocenters. The third kappa shape index (κ3) is 12.1. The molecule has 4 aliphatic rings. The number of cyclic esters (lactones) is 1. The smallest absolute Gasteiger partial charge is 0.329 e. The predicted molar refractivity (Wildman–Crippen MR) is 256 cm³/mol. The Morgan fingerprint density at radius 2 is 1.63 bits per heavy atom. The number of methoxy groups -OCH3 is 3. The van der Waals surface area contributed by atoms with E-state index < -0.39 is 77.8 Å². The minimum absolute atomic E-state index is 0.00701. The third-order valence-corrected chi connectivity index (χ3v) is 15.2. The molecule has 1 amide bonds. The molecule has 15 nitrogen and oxygen atoms in total. The van der Waals surface area contributed by atoms with Gasteiger partial charge in [0.2, 0.25) is 5.79 Å². The number of nitrogens with zero attached hydrogens (tertiary/aromatic N) is 2. The first kappa shape index (κ1) is 53.4. The van der Waals surface area contributed by atoms with Crippen LogP contribution in [-0.4, -0.2) is 137 Å². The summed E-state index contributed by atoms with van der Waals surface area (Å²) in [4.78, 5) is 58.6. The molecule has 6 rings (SSSR count). The molecular weight excluding hydrogens is 873 g/mol. The second-order valence-electron chi connectivity index (χ2n) is 20.2. The molecule has 378 valence electrons. The van der Waals surface area contributed by atoms with Crippen molar-refractivity contribution in [1.29, 1.82) is 0 Å². The zero-order valence-corrected chi connectivity index (χ0v) is 41.8. The Labute approximate surface area is 402 Å². The standard InChI is InChI=1S/C53H78N2O13/c1-10-37-24-31(2)23-32(3)25-46(64-8)49-47(65-9)27-34(5)53(62,68-49)50(59)51(60)55-19-12-11-13-41(55)52(61)67-48(35(6)42(57)30-43(37)58)33(4)26-36-14-17-44(45(28-36)63-7)66-39-15-16-40-38(29-39)18-20-54(40)21-22-56/h15-16,18,20,24,26,29,32,34-37,41-42,44-49,56-57,62H,10-14,17,19,21-23,25,27-28,30H2,1-9H3/b31-24-,33-26+/t32-,34+,35+,36-,37+,41-,42-,44+,45+,46-,47-,48+,49+,53+/m0/s1. The normalized spacial score (nSPS) is 36.4. The van der Waals surface area contributed by atoms with Crippen molar-refractivity contribution >= 4 is 34.3 Å². The number of fused-ring (bicyclic) bond motifs is 4. The van der Waals surface area contributed by atoms with Crippen LogP contribution in [0.2, 0.25) is 0 Å². The molecule has 0 unspecified atom stereocenters. The summed E-state index contributed by atoms with van der Waals surface area (Å²) in [6.07, 6.45) is 6.31. The van der Waals surface area contributed by atoms with Crippen molar-refractivity contribution in [2.45, 2.75) is 173 Å². The zero-order valence-electron chi connectivity index (χ0n) is 41.8. The van der Waals surface area contributed by atoms with Gasteiger partial charge in [-0.05, 0) is 120 Å². The molecule has 15 heteroatoms. The number of piperidine rings is 1. The second-order valence-corrected chi connectivity index (χ2v) is 20.2. The lowest BCUT2D eigenvalue weighted by atomic mass is 9.81. The maximum absolute atomic E-state index is 14.6. The summed E-state index contributed by atoms with van der Waals surface area (Å²) in [6.45, 7) is 11.9. The number of amides is 1. The zero-order chi connectivity index (χ0) is 49.4. The van der Waals surface area contributed by atoms with Crippen molar-refractivity contribution in [2.75, 3.05) is 34.5 Å². The van der Waals surface area contributed by atoms with Crippen LogP contribution in [0.1, 0.15) is 112 Å². The van der Waals surface area contributed by atoms with E-state index in [9.17, 15) is 34.5 Å². The molecule has 3 N–H and O–H groups in total. The first-order valence-electron chi connectivity index (χ1n) is 24.9. The Kier molecular flexibility index (Phi) is 18.7. The van der Waals surface area contributed by atoms with Crippen LogP contribution in [0.25, 0.3) is 10.9 Å². The maximum Gasteiger partial charge on any atom is 0.329 e. The Morgan fingerprint density at radius 1 is 0.912 bits per heavy atom. The van der Waals surface area contributed by atoms with Crippen LogP contribution in [0.5, 0.6) is 5.75 Å². The third-order valence-electron chi connectivity index (χ3n) is 15.2. The molecule has 2 saturated heterocycles. The number of benzene rings is 1. The second kappa shape index (κ2) is 23.8. The molecule has 1 aliphatic carbocycles. The number of Topliss-reactive ketones (excluding diaryl/α,β-unsaturated/α-hetero) is 2. The Morgan fingerprint density at radius 3 is 2.32 bits per heavy atom. The number of esters is 1. The fourth-order valence-electron chi connectivity index (χ4n) is 11.2. The van der Waals surface area contributed by atoms with Gasteiger partial charge in [0.15, 0.2) is 0 Å². The Bertz CT molecular complexity index is 2120. The number of hydrogen-bond donors (Lipinski definition) is 3. The average Bonchev–Trinajstić information content (AvgIpc) is 3.73. The van der Waals surface area contributed by atoms with E-state index in [0.717, 1.165) is 28.6 Å². The summed E-state index contributed by atoms with van der Waals surface area (Å²) in [6, 6.07) is 6.77. The number of ketones is 2. The highest BCUT2D eigenvalue weighted by molar-refractivity contribution is 6.39. The summed E-state index contributed by atoms with van der Waals surface area (Å²) in [7, 11) is 4.74. The molecule has 1 aromatic carbocycles. The van der Waals surface area contributed by atoms with Gasteiger partial charge >= 0.3 is 5.97 Å². The van der Waals surface area contributed by atoms with Gasteiger partial charge in [0.05, 0.1) is 31.0 Å². The Hall–Kier alpha value is -3.96. The van der Waals surface area contributed by atoms with Crippen molar-refractivity contribution in [3.8, 4) is 5.75 Å². The van der Waals surface area contributed by atoms with E-state index in [4.69, 9.17) is 28.4 Å². The minimum Gasteiger partial charge on any atom is -0.488 e. The van der Waals surface area contributed by atoms with E-state index >= 15 is 0 Å². The fourth-order valence-corrected chi connectivity index (χ4v) is 11.2. The van der Waals surface area contributed by atoms with Crippen LogP contribution in [-0.2, 0) is 49.4 Å². The number of rotatable bonds is 10. The molecule has 1 aromatic heterocycles. The van der Waals surface area contributed by atoms with Gasteiger partial charge in [0.1, 0.15) is 35.9 Å². The van der Waals surface area contributed by atoms with E-state index in [2.05, 4.69) is 13.0 Å². The lowest BCUT2D eigenvalue weighted by Crippen LogP contribution is -2.64. The average molecular weight is 951 g/mol. The minimum atomic E-state index is -2.52. The highest BCUT2D eigenvalue weighted by atomic mass is 16.7. The van der Waals surface area contributed by atoms with Crippen LogP contribution in [0.3, 0.4) is 0 Å². The number of hydrogen-bond acceptors (Lipinski definition) is 13. The first-order chi connectivity index (χ1) is 32.5. The SMILES string of the molecule is CC[C@@H]1/C=C(/C)C[C@H](C)C[C@H](OC)[C@H]2O[C@@](O)(C(=O)C(=O)N3CCCC[C@H]3C(=O)O[C@H](/C(C)=C/[C@@H]3CC[C@@H](Oc4ccc5c(ccn5CCO)c4)[C@H](OC)C3)[C@H](C)[C@@H](O)CC1=O)[C@H](C)C[C@@H]2OC. The molecular formula is C53H78N2O13. The fraction of sp³-hybridized carbons (Fsp3) is 0.698. The molecule has 2 aromatic rings. The number of carbonyl (C=O) groups is 4. The van der Waals surface area contributed by atoms with Gasteiger partial charge in [0.25, 0.3) is 11.7 Å². The summed E-state index contributed by atoms with van der Waals surface area (Å²) < 4.78 is 39.0. The number of aromatic nitrogens is 1. The number of allylic oxidation sites excluding steroid dienone is 3. The van der Waals surface area contributed by atoms with Crippen molar-refractivity contribution < 1.29 is 62.9 Å². The lowest BCUT2D eigenvalue weighted by molar-refractivity contribution is -0.302. The van der Waals surface area contributed by atoms with Crippen LogP contribution in [0.4, 0.5) is 0 Å². The summed E-state index contributed by atoms with van der Waals surface area (Å²) >= 11 is 0. The molecule has 68 heavy (non-hydrogen) atoms. The maximum atomic E-state index is 14.6. The topological polar surface area (TPSA) is 193 Å². The number of aliphatic hydroxyl groups excluding tert-OH is 2. The van der Waals surface area contributed by atoms with Crippen LogP contribution in [0.15, 0.2) is 53.8 Å². The van der Waals surface area contributed by atoms with Gasteiger partial charge in [-0.1, -0.05) is 45.4 Å². The number of aliphatic hydroxyl groups is 3. The van der Waals surface area contributed by atoms with Crippen molar-refractivity contribution in [2.24, 2.45) is 29.6 Å². The summed E-state index contributed by atoms with van der Waals surface area (Å²) in [5.41, 5.74) is 2.68. The lowest BCUT2D eigenvalue weighted by Gasteiger charge is -2.47. The first-order valence-corrected chi connectivity index (χ1v) is 24.9. The van der Waals surface area contributed by atoms with Gasteiger partial charge in [-0.2, -0.15) is 0 Å². The molecule has 2 bridgehead atoms. The van der Waals surface area contributed by atoms with E-state index in [0.29, 0.717) is 57.1 Å². The molecule has 3 fully saturated rings. The van der Waals surface area contributed by atoms with Crippen molar-refractivity contribution in [3.05, 3.63) is 53.8 Å². The van der Waals surface area contributed by atoms with Gasteiger partial charge in [-0.25, -0.2) is 4.79 Å². The largest absolute Gasteiger partial charge is 0.488 e. The molecule has 0 radical (unpaired) electrons. The number of ether oxygens (including phenoxy) is 6. The van der Waals surface area contributed by atoms with E-state index in [1.165, 1.54) is 19.1 Å². The monoisotopic (exact) mass is 951 g/mol. The van der Waals surface area contributed by atoms with E-state index in [1.54, 1.807) is 21.0 Å². The van der Waals surface area contributed by atoms with Crippen LogP contribution in [0, 0.1) is 29.6 Å². The summed E-state index contributed by atoms with van der Waals surface area (Å²) in [5.74, 6) is -6.86. The van der Waals surface area contributed by atoms with Gasteiger partial charge in [-0.15, -0.1) is 0 Å². The van der Waals surface area contributed by atoms with Crippen molar-refractivity contribution in [1.82, 2.24) is 9.47 Å². The molecule has 1 saturated carbocycles. The quantitative estimate of drug-likeness (QED) is 0.133. The van der Waals surface area contributed by atoms with Crippen LogP contribution < -0.4 is 4.74 Å². The molecule has 3 aliphatic heterocycles. The van der Waals surface area contributed by atoms with Crippen LogP contribution >= 0.6 is 0 Å². The molecule has 0 spiro atoms. The van der Waals surface area contributed by atoms with E-state index in [1.807, 2.05) is 61.9 Å². The molecule has 4 heterocycles.